The number of phenols is 1. The van der Waals surface area contributed by atoms with Crippen molar-refractivity contribution >= 4 is 89.7 Å². The molecule has 1 aliphatic heterocycles. The van der Waals surface area contributed by atoms with Gasteiger partial charge in [-0.3, -0.25) is 14.5 Å². The summed E-state index contributed by atoms with van der Waals surface area (Å²) in [7, 11) is 0. The van der Waals surface area contributed by atoms with Gasteiger partial charge in [0.2, 0.25) is 5.91 Å². The van der Waals surface area contributed by atoms with Crippen LogP contribution >= 0.6 is 55.8 Å². The number of nitrogens with one attached hydrogen (secondary N) is 1. The molecule has 0 unspecified atom stereocenters. The van der Waals surface area contributed by atoms with Crippen molar-refractivity contribution in [2.24, 2.45) is 0 Å². The molecule has 0 aromatic heterocycles. The number of benzene rings is 2. The molecule has 0 radical (unpaired) electrons. The van der Waals surface area contributed by atoms with Crippen molar-refractivity contribution in [3.63, 3.8) is 0 Å². The lowest BCUT2D eigenvalue weighted by Crippen LogP contribution is -2.29. The van der Waals surface area contributed by atoms with Gasteiger partial charge in [-0.25, -0.2) is 4.79 Å². The number of hydrogen-bond acceptors (Lipinski definition) is 7. The Hall–Kier alpha value is -2.21. The van der Waals surface area contributed by atoms with Crippen molar-refractivity contribution in [2.45, 2.75) is 19.8 Å². The predicted molar refractivity (Wildman–Crippen MR) is 144 cm³/mol. The number of aromatic hydroxyl groups is 1. The van der Waals surface area contributed by atoms with Gasteiger partial charge in [-0.2, -0.15) is 0 Å². The average molecular weight is 628 g/mol. The maximum atomic E-state index is 12.8. The van der Waals surface area contributed by atoms with Gasteiger partial charge >= 0.3 is 5.97 Å². The zero-order valence-corrected chi connectivity index (χ0v) is 22.8. The molecule has 0 saturated carbocycles. The van der Waals surface area contributed by atoms with Crippen LogP contribution in [0.5, 0.6) is 5.75 Å². The fraction of sp³-hybridized carbons (Fsp3) is 0.217. The van der Waals surface area contributed by atoms with Crippen LogP contribution in [-0.2, 0) is 14.3 Å². The highest BCUT2D eigenvalue weighted by Gasteiger charge is 2.32. The molecular weight excluding hydrogens is 608 g/mol. The zero-order chi connectivity index (χ0) is 24.8. The molecule has 1 aliphatic rings. The summed E-state index contributed by atoms with van der Waals surface area (Å²) in [6.07, 6.45) is 2.20. The van der Waals surface area contributed by atoms with Crippen molar-refractivity contribution < 1.29 is 24.2 Å². The molecular formula is C23H20Br2N2O5S2. The van der Waals surface area contributed by atoms with Gasteiger partial charge in [-0.1, -0.05) is 39.9 Å². The summed E-state index contributed by atoms with van der Waals surface area (Å²) < 4.78 is 6.59. The first kappa shape index (κ1) is 26.4. The molecule has 7 nitrogen and oxygen atoms in total. The van der Waals surface area contributed by atoms with E-state index in [0.29, 0.717) is 50.1 Å². The van der Waals surface area contributed by atoms with E-state index < -0.39 is 5.97 Å². The van der Waals surface area contributed by atoms with Crippen LogP contribution < -0.4 is 5.32 Å². The number of amides is 2. The summed E-state index contributed by atoms with van der Waals surface area (Å²) in [5.41, 5.74) is 1.45. The minimum atomic E-state index is -0.416. The number of nitrogens with zero attached hydrogens (tertiary/aromatic N) is 1. The molecule has 1 fully saturated rings. The van der Waals surface area contributed by atoms with Crippen LogP contribution in [0.25, 0.3) is 6.08 Å². The quantitative estimate of drug-likeness (QED) is 0.220. The van der Waals surface area contributed by atoms with Gasteiger partial charge < -0.3 is 15.2 Å². The van der Waals surface area contributed by atoms with E-state index in [9.17, 15) is 19.5 Å². The molecule has 2 amide bonds. The number of anilines is 1. The monoisotopic (exact) mass is 626 g/mol. The Labute approximate surface area is 223 Å². The maximum absolute atomic E-state index is 12.8. The van der Waals surface area contributed by atoms with Crippen LogP contribution in [0.1, 0.15) is 35.7 Å². The van der Waals surface area contributed by atoms with E-state index in [1.807, 2.05) is 0 Å². The summed E-state index contributed by atoms with van der Waals surface area (Å²) in [5.74, 6) is -0.865. The molecule has 0 aliphatic carbocycles. The highest BCUT2D eigenvalue weighted by atomic mass is 79.9. The molecule has 11 heteroatoms. The first-order chi connectivity index (χ1) is 16.2. The molecule has 34 heavy (non-hydrogen) atoms. The summed E-state index contributed by atoms with van der Waals surface area (Å²) >= 11 is 13.1. The van der Waals surface area contributed by atoms with E-state index in [-0.39, 0.29) is 24.0 Å². The number of rotatable bonds is 8. The smallest absolute Gasteiger partial charge is 0.338 e. The Kier molecular flexibility index (Phi) is 9.29. The van der Waals surface area contributed by atoms with Gasteiger partial charge in [-0.05, 0) is 71.7 Å². The predicted octanol–water partition coefficient (Wildman–Crippen LogP) is 5.71. The SMILES string of the molecule is CCOC(=O)c1ccc(NC(=O)CCCN2C(=O)/C(=C/c3cc(Br)cc(Br)c3O)SC2=S)cc1. The maximum Gasteiger partial charge on any atom is 0.338 e. The third kappa shape index (κ3) is 6.68. The van der Waals surface area contributed by atoms with Crippen LogP contribution in [0.4, 0.5) is 5.69 Å². The number of hydrogen-bond donors (Lipinski definition) is 2. The van der Waals surface area contributed by atoms with Crippen molar-refractivity contribution in [3.05, 3.63) is 61.4 Å². The Morgan fingerprint density at radius 2 is 1.94 bits per heavy atom. The Morgan fingerprint density at radius 1 is 1.24 bits per heavy atom. The second kappa shape index (κ2) is 12.0. The lowest BCUT2D eigenvalue weighted by Gasteiger charge is -2.14. The number of halogens is 2. The van der Waals surface area contributed by atoms with Gasteiger partial charge in [0.1, 0.15) is 10.1 Å². The number of thiocarbonyl (C=S) groups is 1. The molecule has 0 spiro atoms. The minimum Gasteiger partial charge on any atom is -0.506 e. The van der Waals surface area contributed by atoms with E-state index >= 15 is 0 Å². The summed E-state index contributed by atoms with van der Waals surface area (Å²) in [6, 6.07) is 9.84. The van der Waals surface area contributed by atoms with E-state index in [1.165, 1.54) is 4.90 Å². The molecule has 0 atom stereocenters. The number of esters is 1. The lowest BCUT2D eigenvalue weighted by atomic mass is 10.2. The Bertz CT molecular complexity index is 1170. The van der Waals surface area contributed by atoms with E-state index in [1.54, 1.807) is 49.4 Å². The van der Waals surface area contributed by atoms with Gasteiger partial charge in [-0.15, -0.1) is 0 Å². The van der Waals surface area contributed by atoms with Crippen molar-refractivity contribution in [3.8, 4) is 5.75 Å². The van der Waals surface area contributed by atoms with Crippen LogP contribution in [0.2, 0.25) is 0 Å². The van der Waals surface area contributed by atoms with Crippen molar-refractivity contribution in [2.75, 3.05) is 18.5 Å². The second-order valence-corrected chi connectivity index (χ2v) is 10.6. The van der Waals surface area contributed by atoms with Gasteiger partial charge in [0.05, 0.1) is 21.5 Å². The molecule has 178 valence electrons. The van der Waals surface area contributed by atoms with Crippen LogP contribution in [-0.4, -0.2) is 45.3 Å². The summed E-state index contributed by atoms with van der Waals surface area (Å²) in [4.78, 5) is 38.6. The van der Waals surface area contributed by atoms with E-state index in [2.05, 4.69) is 37.2 Å². The minimum absolute atomic E-state index is 0.0282. The van der Waals surface area contributed by atoms with Gasteiger partial charge in [0, 0.05) is 28.7 Å². The van der Waals surface area contributed by atoms with Crippen LogP contribution in [0.15, 0.2) is 50.2 Å². The summed E-state index contributed by atoms with van der Waals surface area (Å²) in [6.45, 7) is 2.32. The van der Waals surface area contributed by atoms with Crippen molar-refractivity contribution in [1.82, 2.24) is 4.90 Å². The van der Waals surface area contributed by atoms with E-state index in [0.717, 1.165) is 16.2 Å². The molecule has 2 aromatic carbocycles. The molecule has 2 aromatic rings. The lowest BCUT2D eigenvalue weighted by molar-refractivity contribution is -0.122. The largest absolute Gasteiger partial charge is 0.506 e. The third-order valence-corrected chi connectivity index (χ3v) is 7.12. The first-order valence-corrected chi connectivity index (χ1v) is 13.0. The average Bonchev–Trinajstić information content (AvgIpc) is 3.05. The molecule has 3 rings (SSSR count). The number of ether oxygens (including phenoxy) is 1. The molecule has 1 heterocycles. The molecule has 2 N–H and O–H groups in total. The van der Waals surface area contributed by atoms with E-state index in [4.69, 9.17) is 17.0 Å². The van der Waals surface area contributed by atoms with Gasteiger partial charge in [0.25, 0.3) is 5.91 Å². The fourth-order valence-electron chi connectivity index (χ4n) is 3.06. The zero-order valence-electron chi connectivity index (χ0n) is 18.0. The number of thioether (sulfide) groups is 1. The second-order valence-electron chi connectivity index (χ2n) is 7.11. The molecule has 1 saturated heterocycles. The Morgan fingerprint density at radius 3 is 2.62 bits per heavy atom. The topological polar surface area (TPSA) is 95.9 Å². The first-order valence-electron chi connectivity index (χ1n) is 10.2. The fourth-order valence-corrected chi connectivity index (χ4v) is 5.61. The van der Waals surface area contributed by atoms with Crippen LogP contribution in [0.3, 0.4) is 0 Å². The Balaban J connectivity index is 1.54. The highest BCUT2D eigenvalue weighted by molar-refractivity contribution is 9.11. The van der Waals surface area contributed by atoms with Crippen molar-refractivity contribution in [1.29, 1.82) is 0 Å². The highest BCUT2D eigenvalue weighted by Crippen LogP contribution is 2.37. The third-order valence-electron chi connectivity index (χ3n) is 4.68. The number of carbonyl (C=O) groups excluding carboxylic acids is 3. The number of phenolic OH excluding ortho intramolecular Hbond substituents is 1. The standard InChI is InChI=1S/C23H20Br2N2O5S2/c1-2-32-22(31)13-5-7-16(8-6-13)26-19(28)4-3-9-27-21(30)18(34-23(27)33)11-14-10-15(24)12-17(25)20(14)29/h5-8,10-12,29H,2-4,9H2,1H3,(H,26,28)/b18-11-. The summed E-state index contributed by atoms with van der Waals surface area (Å²) in [5, 5.41) is 13.0. The number of carbonyl (C=O) groups is 3. The van der Waals surface area contributed by atoms with Gasteiger partial charge in [0.15, 0.2) is 0 Å². The normalized spacial score (nSPS) is 14.6. The molecule has 0 bridgehead atoms. The van der Waals surface area contributed by atoms with Crippen LogP contribution in [0, 0.1) is 0 Å².